The van der Waals surface area contributed by atoms with Crippen molar-refractivity contribution in [2.45, 2.75) is 76.9 Å². The second kappa shape index (κ2) is 12.9. The summed E-state index contributed by atoms with van der Waals surface area (Å²) in [5.41, 5.74) is 0.625. The number of benzene rings is 2. The molecule has 0 bridgehead atoms. The molecule has 3 aliphatic rings. The molecule has 0 aromatic heterocycles. The summed E-state index contributed by atoms with van der Waals surface area (Å²) in [6.45, 7) is 5.26. The van der Waals surface area contributed by atoms with Gasteiger partial charge in [0.05, 0.1) is 6.04 Å². The normalized spacial score (nSPS) is 24.5. The molecule has 2 aromatic carbocycles. The van der Waals surface area contributed by atoms with Gasteiger partial charge in [-0.05, 0) is 42.9 Å². The number of ether oxygens (including phenoxy) is 1. The van der Waals surface area contributed by atoms with Crippen molar-refractivity contribution in [2.24, 2.45) is 16.8 Å². The Balaban J connectivity index is 0.000000427. The molecular weight excluding hydrogens is 453 g/mol. The molecule has 2 aliphatic carbocycles. The van der Waals surface area contributed by atoms with Gasteiger partial charge >= 0.3 is 0 Å². The Bertz CT molecular complexity index is 775. The zero-order chi connectivity index (χ0) is 21.5. The summed E-state index contributed by atoms with van der Waals surface area (Å²) in [4.78, 5) is 4.99. The second-order valence-corrected chi connectivity index (χ2v) is 11.9. The number of aliphatic imine (C=N–C) groups is 1. The Kier molecular flexibility index (Phi) is 10.3. The smallest absolute Gasteiger partial charge is 0.187 e. The van der Waals surface area contributed by atoms with E-state index in [9.17, 15) is 0 Å². The summed E-state index contributed by atoms with van der Waals surface area (Å²) in [7, 11) is -0.398. The zero-order valence-electron chi connectivity index (χ0n) is 19.6. The van der Waals surface area contributed by atoms with Crippen molar-refractivity contribution in [1.82, 2.24) is 0 Å². The minimum absolute atomic E-state index is 0. The maximum Gasteiger partial charge on any atom is 0.187 e. The molecule has 0 N–H and O–H groups in total. The van der Waals surface area contributed by atoms with Gasteiger partial charge in [0.25, 0.3) is 0 Å². The Morgan fingerprint density at radius 3 is 1.78 bits per heavy atom. The summed E-state index contributed by atoms with van der Waals surface area (Å²) in [6, 6.07) is 22.5. The van der Waals surface area contributed by atoms with Crippen LogP contribution in [0.25, 0.3) is 0 Å². The fraction of sp³-hybridized carbons (Fsp3) is 0.536. The first-order valence-electron chi connectivity index (χ1n) is 12.3. The second-order valence-electron chi connectivity index (χ2n) is 9.50. The van der Waals surface area contributed by atoms with E-state index in [1.54, 1.807) is 0 Å². The van der Waals surface area contributed by atoms with Crippen molar-refractivity contribution in [2.75, 3.05) is 6.61 Å². The molecule has 2 aromatic rings. The maximum atomic E-state index is 6.12. The van der Waals surface area contributed by atoms with E-state index in [1.807, 2.05) is 0 Å². The van der Waals surface area contributed by atoms with E-state index < -0.39 is 7.92 Å². The number of rotatable bonds is 5. The van der Waals surface area contributed by atoms with E-state index in [2.05, 4.69) is 74.5 Å². The summed E-state index contributed by atoms with van der Waals surface area (Å²) < 4.78 is 6.12. The van der Waals surface area contributed by atoms with E-state index in [4.69, 9.17) is 9.73 Å². The molecule has 1 aliphatic heterocycles. The van der Waals surface area contributed by atoms with Crippen molar-refractivity contribution in [3.8, 4) is 0 Å². The topological polar surface area (TPSA) is 21.6 Å². The van der Waals surface area contributed by atoms with Crippen molar-refractivity contribution in [3.63, 3.8) is 0 Å². The molecule has 0 spiro atoms. The Morgan fingerprint density at radius 1 is 0.781 bits per heavy atom. The molecule has 2 fully saturated rings. The molecule has 0 saturated heterocycles. The Hall–Kier alpha value is -1.14. The van der Waals surface area contributed by atoms with Crippen LogP contribution in [0.15, 0.2) is 65.7 Å². The van der Waals surface area contributed by atoms with E-state index in [1.165, 1.54) is 62.0 Å². The van der Waals surface area contributed by atoms with Gasteiger partial charge in [0, 0.05) is 23.0 Å². The van der Waals surface area contributed by atoms with Crippen LogP contribution in [0.5, 0.6) is 0 Å². The first-order valence-corrected chi connectivity index (χ1v) is 13.7. The van der Waals surface area contributed by atoms with Crippen LogP contribution < -0.4 is 10.6 Å². The molecule has 0 radical (unpaired) electrons. The molecule has 0 amide bonds. The molecule has 4 heteroatoms. The fourth-order valence-corrected chi connectivity index (χ4v) is 8.21. The summed E-state index contributed by atoms with van der Waals surface area (Å²) in [6.07, 6.45) is 11.3. The van der Waals surface area contributed by atoms with Crippen molar-refractivity contribution >= 4 is 24.4 Å². The third kappa shape index (κ3) is 6.47. The van der Waals surface area contributed by atoms with Gasteiger partial charge < -0.3 is 4.74 Å². The van der Waals surface area contributed by atoms with Gasteiger partial charge in [0.2, 0.25) is 0 Å². The van der Waals surface area contributed by atoms with Crippen LogP contribution in [-0.2, 0) is 21.8 Å². The van der Waals surface area contributed by atoms with Crippen LogP contribution in [0, 0.1) is 11.8 Å². The number of hydrogen-bond donors (Lipinski definition) is 0. The van der Waals surface area contributed by atoms with E-state index in [0.717, 1.165) is 12.5 Å². The summed E-state index contributed by atoms with van der Waals surface area (Å²) in [5.74, 6) is 2.08. The molecule has 2 nitrogen and oxygen atoms in total. The van der Waals surface area contributed by atoms with Gasteiger partial charge in [0.15, 0.2) is 5.90 Å². The third-order valence-corrected chi connectivity index (χ3v) is 9.90. The standard InChI is InChI=1S/C23H28NOP.C5H10.Fe/c1-17(2)21-16-25-23(24-21)20-14-9-15-22(20)26(18-10-5-3-6-11-18)19-12-7-4-8-13-19;1-2-4-5-3-1;/h3-8,10-13,17,20-22H,9,14-16H2,1-2H3;1-5H2;/t20?,21-,22?;;/m1../s1. The molecule has 2 unspecified atom stereocenters. The molecule has 174 valence electrons. The van der Waals surface area contributed by atoms with E-state index in [0.29, 0.717) is 23.5 Å². The van der Waals surface area contributed by atoms with Crippen molar-refractivity contribution in [3.05, 3.63) is 60.7 Å². The Labute approximate surface area is 206 Å². The minimum Gasteiger partial charge on any atom is -0.478 e. The number of hydrogen-bond acceptors (Lipinski definition) is 2. The fourth-order valence-electron chi connectivity index (χ4n) is 5.08. The van der Waals surface area contributed by atoms with Gasteiger partial charge in [-0.15, -0.1) is 0 Å². The molecule has 5 rings (SSSR count). The first kappa shape index (κ1) is 25.5. The van der Waals surface area contributed by atoms with Gasteiger partial charge in [-0.25, -0.2) is 4.99 Å². The monoisotopic (exact) mass is 491 g/mol. The quantitative estimate of drug-likeness (QED) is 0.337. The Morgan fingerprint density at radius 2 is 1.31 bits per heavy atom. The maximum absolute atomic E-state index is 6.12. The minimum atomic E-state index is -0.398. The molecule has 32 heavy (non-hydrogen) atoms. The van der Waals surface area contributed by atoms with Crippen LogP contribution in [-0.4, -0.2) is 24.2 Å². The molecule has 1 heterocycles. The number of nitrogens with zero attached hydrogens (tertiary/aromatic N) is 1. The predicted molar refractivity (Wildman–Crippen MR) is 135 cm³/mol. The van der Waals surface area contributed by atoms with E-state index in [-0.39, 0.29) is 17.1 Å². The predicted octanol–water partition coefficient (Wildman–Crippen LogP) is 6.69. The van der Waals surface area contributed by atoms with E-state index >= 15 is 0 Å². The molecule has 2 saturated carbocycles. The zero-order valence-corrected chi connectivity index (χ0v) is 21.6. The van der Waals surface area contributed by atoms with Crippen LogP contribution in [0.2, 0.25) is 0 Å². The third-order valence-electron chi connectivity index (χ3n) is 6.91. The summed E-state index contributed by atoms with van der Waals surface area (Å²) in [5, 5.41) is 2.95. The van der Waals surface area contributed by atoms with Gasteiger partial charge in [-0.3, -0.25) is 0 Å². The summed E-state index contributed by atoms with van der Waals surface area (Å²) >= 11 is 0. The average Bonchev–Trinajstić information content (AvgIpc) is 3.58. The SMILES string of the molecule is C1CCCC1.CC(C)[C@H]1COC(C2CCCC2P(c2ccccc2)c2ccccc2)=N1.[Fe]. The van der Waals surface area contributed by atoms with Crippen LogP contribution in [0.3, 0.4) is 0 Å². The van der Waals surface area contributed by atoms with Crippen LogP contribution >= 0.6 is 7.92 Å². The molecule has 3 atom stereocenters. The van der Waals surface area contributed by atoms with Gasteiger partial charge in [-0.1, -0.05) is 113 Å². The molecular formula is C28H38FeNOP. The first-order chi connectivity index (χ1) is 15.2. The van der Waals surface area contributed by atoms with Gasteiger partial charge in [0.1, 0.15) is 6.61 Å². The van der Waals surface area contributed by atoms with Crippen LogP contribution in [0.4, 0.5) is 0 Å². The van der Waals surface area contributed by atoms with Crippen LogP contribution in [0.1, 0.15) is 65.2 Å². The van der Waals surface area contributed by atoms with Crippen molar-refractivity contribution in [1.29, 1.82) is 0 Å². The van der Waals surface area contributed by atoms with Crippen molar-refractivity contribution < 1.29 is 21.8 Å². The largest absolute Gasteiger partial charge is 0.478 e. The van der Waals surface area contributed by atoms with Gasteiger partial charge in [-0.2, -0.15) is 0 Å². The average molecular weight is 491 g/mol.